The summed E-state index contributed by atoms with van der Waals surface area (Å²) in [6.45, 7) is 9.91. The molecule has 0 bridgehead atoms. The van der Waals surface area contributed by atoms with Gasteiger partial charge in [0.15, 0.2) is 0 Å². The molecule has 1 aromatic carbocycles. The van der Waals surface area contributed by atoms with Crippen LogP contribution in [0.4, 0.5) is 4.39 Å². The third kappa shape index (κ3) is 4.77. The summed E-state index contributed by atoms with van der Waals surface area (Å²) in [5, 5.41) is 1.97. The van der Waals surface area contributed by atoms with E-state index in [0.29, 0.717) is 6.42 Å². The maximum Gasteiger partial charge on any atom is 0.304 e. The fraction of sp³-hybridized carbons (Fsp3) is 0.632. The van der Waals surface area contributed by atoms with Crippen LogP contribution in [-0.4, -0.2) is 28.4 Å². The molecule has 0 aliphatic carbocycles. The van der Waals surface area contributed by atoms with Gasteiger partial charge in [0.2, 0.25) is 6.29 Å². The number of carbonyl (C=O) groups is 1. The maximum absolute atomic E-state index is 13.1. The molecule has 1 saturated heterocycles. The standard InChI is InChI=1S/C19H28FNO3/c1-14(22)23-17(13-15-7-9-16(20)10-8-15)24-21-18(2,3)11-6-12-19(21,4)5/h7-10,17H,6,11-13H2,1-5H3. The summed E-state index contributed by atoms with van der Waals surface area (Å²) in [5.41, 5.74) is 0.557. The molecule has 0 N–H and O–H groups in total. The van der Waals surface area contributed by atoms with Crippen molar-refractivity contribution in [1.29, 1.82) is 0 Å². The van der Waals surface area contributed by atoms with E-state index < -0.39 is 12.3 Å². The molecule has 1 atom stereocenters. The summed E-state index contributed by atoms with van der Waals surface area (Å²) in [6.07, 6.45) is 2.81. The Hall–Kier alpha value is -1.46. The van der Waals surface area contributed by atoms with E-state index in [0.717, 1.165) is 24.8 Å². The molecule has 0 amide bonds. The summed E-state index contributed by atoms with van der Waals surface area (Å²) in [5.74, 6) is -0.684. The van der Waals surface area contributed by atoms with E-state index in [4.69, 9.17) is 9.57 Å². The van der Waals surface area contributed by atoms with Crippen LogP contribution >= 0.6 is 0 Å². The van der Waals surface area contributed by atoms with Crippen molar-refractivity contribution in [2.24, 2.45) is 0 Å². The molecule has 1 fully saturated rings. The fourth-order valence-electron chi connectivity index (χ4n) is 3.48. The van der Waals surface area contributed by atoms with Gasteiger partial charge in [0.25, 0.3) is 0 Å². The summed E-state index contributed by atoms with van der Waals surface area (Å²) in [7, 11) is 0. The molecule has 0 radical (unpaired) electrons. The Morgan fingerprint density at radius 1 is 1.17 bits per heavy atom. The number of nitrogens with zero attached hydrogens (tertiary/aromatic N) is 1. The number of rotatable bonds is 5. The molecule has 1 unspecified atom stereocenters. The van der Waals surface area contributed by atoms with E-state index >= 15 is 0 Å². The van der Waals surface area contributed by atoms with Crippen LogP contribution in [0.15, 0.2) is 24.3 Å². The zero-order valence-electron chi connectivity index (χ0n) is 15.3. The van der Waals surface area contributed by atoms with Crippen LogP contribution in [0.25, 0.3) is 0 Å². The van der Waals surface area contributed by atoms with Gasteiger partial charge in [0.05, 0.1) is 0 Å². The third-order valence-corrected chi connectivity index (χ3v) is 4.51. The molecule has 0 spiro atoms. The average molecular weight is 337 g/mol. The molecule has 1 aromatic rings. The summed E-state index contributed by atoms with van der Waals surface area (Å²) in [4.78, 5) is 17.6. The highest BCUT2D eigenvalue weighted by Gasteiger charge is 2.44. The number of halogens is 1. The second kappa shape index (κ2) is 7.19. The van der Waals surface area contributed by atoms with Gasteiger partial charge in [-0.25, -0.2) is 4.39 Å². The number of piperidine rings is 1. The van der Waals surface area contributed by atoms with Crippen molar-refractivity contribution in [2.75, 3.05) is 0 Å². The number of ether oxygens (including phenoxy) is 1. The summed E-state index contributed by atoms with van der Waals surface area (Å²) < 4.78 is 18.5. The Balaban J connectivity index is 2.17. The van der Waals surface area contributed by atoms with Gasteiger partial charge in [-0.05, 0) is 64.7 Å². The van der Waals surface area contributed by atoms with Crippen molar-refractivity contribution in [3.63, 3.8) is 0 Å². The van der Waals surface area contributed by atoms with Crippen molar-refractivity contribution in [3.05, 3.63) is 35.6 Å². The molecular weight excluding hydrogens is 309 g/mol. The van der Waals surface area contributed by atoms with Gasteiger partial charge in [-0.15, -0.1) is 0 Å². The average Bonchev–Trinajstić information content (AvgIpc) is 2.44. The highest BCUT2D eigenvalue weighted by Crippen LogP contribution is 2.39. The van der Waals surface area contributed by atoms with Crippen molar-refractivity contribution in [2.45, 2.75) is 77.7 Å². The second-order valence-electron chi connectivity index (χ2n) is 7.75. The number of hydroxylamine groups is 2. The summed E-state index contributed by atoms with van der Waals surface area (Å²) in [6, 6.07) is 6.16. The predicted octanol–water partition coefficient (Wildman–Crippen LogP) is 4.23. The summed E-state index contributed by atoms with van der Waals surface area (Å²) >= 11 is 0. The predicted molar refractivity (Wildman–Crippen MR) is 90.6 cm³/mol. The normalized spacial score (nSPS) is 21.2. The molecule has 0 aromatic heterocycles. The highest BCUT2D eigenvalue weighted by atomic mass is 19.1. The first-order valence-electron chi connectivity index (χ1n) is 8.49. The Morgan fingerprint density at radius 2 is 1.71 bits per heavy atom. The zero-order chi connectivity index (χ0) is 18.0. The van der Waals surface area contributed by atoms with Gasteiger partial charge in [-0.2, -0.15) is 5.06 Å². The highest BCUT2D eigenvalue weighted by molar-refractivity contribution is 5.66. The number of carbonyl (C=O) groups excluding carboxylic acids is 1. The third-order valence-electron chi connectivity index (χ3n) is 4.51. The zero-order valence-corrected chi connectivity index (χ0v) is 15.3. The Labute approximate surface area is 143 Å². The SMILES string of the molecule is CC(=O)OC(Cc1ccc(F)cc1)ON1C(C)(C)CCCC1(C)C. The van der Waals surface area contributed by atoms with Crippen LogP contribution in [0.2, 0.25) is 0 Å². The Bertz CT molecular complexity index is 552. The number of hydrogen-bond acceptors (Lipinski definition) is 4. The largest absolute Gasteiger partial charge is 0.434 e. The Kier molecular flexibility index (Phi) is 5.66. The molecule has 1 aliphatic rings. The lowest BCUT2D eigenvalue weighted by Gasteiger charge is -2.52. The van der Waals surface area contributed by atoms with Crippen molar-refractivity contribution >= 4 is 5.97 Å². The van der Waals surface area contributed by atoms with Gasteiger partial charge in [0.1, 0.15) is 5.82 Å². The molecule has 1 heterocycles. The van der Waals surface area contributed by atoms with Crippen molar-refractivity contribution < 1.29 is 18.8 Å². The van der Waals surface area contributed by atoms with Crippen molar-refractivity contribution in [3.8, 4) is 0 Å². The topological polar surface area (TPSA) is 38.8 Å². The van der Waals surface area contributed by atoms with E-state index in [1.807, 2.05) is 5.06 Å². The molecule has 0 saturated carbocycles. The molecule has 1 aliphatic heterocycles. The first-order chi connectivity index (χ1) is 11.1. The van der Waals surface area contributed by atoms with E-state index in [-0.39, 0.29) is 16.9 Å². The lowest BCUT2D eigenvalue weighted by Crippen LogP contribution is -2.59. The lowest BCUT2D eigenvalue weighted by molar-refractivity contribution is -0.345. The first kappa shape index (κ1) is 18.9. The number of hydrogen-bond donors (Lipinski definition) is 0. The van der Waals surface area contributed by atoms with Crippen LogP contribution in [0, 0.1) is 5.82 Å². The molecule has 24 heavy (non-hydrogen) atoms. The monoisotopic (exact) mass is 337 g/mol. The van der Waals surface area contributed by atoms with Crippen molar-refractivity contribution in [1.82, 2.24) is 5.06 Å². The number of esters is 1. The van der Waals surface area contributed by atoms with E-state index in [2.05, 4.69) is 27.7 Å². The quantitative estimate of drug-likeness (QED) is 0.595. The van der Waals surface area contributed by atoms with Crippen LogP contribution in [0.5, 0.6) is 0 Å². The van der Waals surface area contributed by atoms with Crippen LogP contribution in [-0.2, 0) is 20.8 Å². The number of benzene rings is 1. The fourth-order valence-corrected chi connectivity index (χ4v) is 3.48. The molecular formula is C19H28FNO3. The van der Waals surface area contributed by atoms with Gasteiger partial charge in [-0.1, -0.05) is 12.1 Å². The first-order valence-corrected chi connectivity index (χ1v) is 8.49. The van der Waals surface area contributed by atoms with Crippen LogP contribution in [0.1, 0.15) is 59.4 Å². The molecule has 5 heteroatoms. The van der Waals surface area contributed by atoms with E-state index in [1.165, 1.54) is 19.1 Å². The van der Waals surface area contributed by atoms with E-state index in [1.54, 1.807) is 12.1 Å². The molecule has 134 valence electrons. The minimum absolute atomic E-state index is 0.150. The lowest BCUT2D eigenvalue weighted by atomic mass is 9.82. The Morgan fingerprint density at radius 3 is 2.21 bits per heavy atom. The minimum atomic E-state index is -0.732. The van der Waals surface area contributed by atoms with Gasteiger partial charge >= 0.3 is 5.97 Å². The maximum atomic E-state index is 13.1. The van der Waals surface area contributed by atoms with Crippen LogP contribution in [0.3, 0.4) is 0 Å². The minimum Gasteiger partial charge on any atom is -0.434 e. The van der Waals surface area contributed by atoms with Crippen LogP contribution < -0.4 is 0 Å². The smallest absolute Gasteiger partial charge is 0.304 e. The molecule has 2 rings (SSSR count). The molecule has 4 nitrogen and oxygen atoms in total. The second-order valence-corrected chi connectivity index (χ2v) is 7.75. The van der Waals surface area contributed by atoms with Gasteiger partial charge < -0.3 is 4.74 Å². The van der Waals surface area contributed by atoms with Gasteiger partial charge in [-0.3, -0.25) is 9.63 Å². The van der Waals surface area contributed by atoms with Gasteiger partial charge in [0, 0.05) is 24.4 Å². The van der Waals surface area contributed by atoms with E-state index in [9.17, 15) is 9.18 Å².